The van der Waals surface area contributed by atoms with Crippen LogP contribution in [0.5, 0.6) is 0 Å². The van der Waals surface area contributed by atoms with Crippen LogP contribution in [0.15, 0.2) is 24.3 Å². The van der Waals surface area contributed by atoms with Crippen molar-refractivity contribution < 1.29 is 14.7 Å². The fraction of sp³-hybridized carbons (Fsp3) is 0.429. The van der Waals surface area contributed by atoms with Gasteiger partial charge in [-0.1, -0.05) is 30.5 Å². The van der Waals surface area contributed by atoms with Crippen molar-refractivity contribution in [2.45, 2.75) is 32.2 Å². The summed E-state index contributed by atoms with van der Waals surface area (Å²) in [7, 11) is 0. The topological polar surface area (TPSA) is 66.4 Å². The second-order valence-electron chi connectivity index (χ2n) is 4.91. The molecule has 2 rings (SSSR count). The summed E-state index contributed by atoms with van der Waals surface area (Å²) < 4.78 is 0. The van der Waals surface area contributed by atoms with Gasteiger partial charge in [-0.25, -0.2) is 4.79 Å². The summed E-state index contributed by atoms with van der Waals surface area (Å²) in [4.78, 5) is 23.0. The van der Waals surface area contributed by atoms with Crippen molar-refractivity contribution in [2.24, 2.45) is 5.92 Å². The number of aliphatic carboxylic acids is 1. The Kier molecular flexibility index (Phi) is 3.65. The maximum atomic E-state index is 11.9. The third-order valence-electron chi connectivity index (χ3n) is 3.15. The van der Waals surface area contributed by atoms with Crippen LogP contribution in [0.4, 0.5) is 0 Å². The van der Waals surface area contributed by atoms with E-state index >= 15 is 0 Å². The number of carbonyl (C=O) groups is 2. The molecule has 1 amide bonds. The van der Waals surface area contributed by atoms with Gasteiger partial charge in [0.25, 0.3) is 5.91 Å². The summed E-state index contributed by atoms with van der Waals surface area (Å²) in [5.74, 6) is -0.807. The van der Waals surface area contributed by atoms with Crippen molar-refractivity contribution in [3.8, 4) is 0 Å². The Bertz CT molecular complexity index is 466. The molecule has 0 aliphatic heterocycles. The van der Waals surface area contributed by atoms with Gasteiger partial charge in [0, 0.05) is 5.56 Å². The highest BCUT2D eigenvalue weighted by Gasteiger charge is 2.30. The lowest BCUT2D eigenvalue weighted by molar-refractivity contribution is -0.139. The molecule has 4 nitrogen and oxygen atoms in total. The third-order valence-corrected chi connectivity index (χ3v) is 3.15. The van der Waals surface area contributed by atoms with Gasteiger partial charge in [-0.2, -0.15) is 0 Å². The molecule has 1 aliphatic rings. The number of carboxylic acid groups (broad SMARTS) is 1. The number of carbonyl (C=O) groups excluding carboxylic acids is 1. The lowest BCUT2D eigenvalue weighted by atomic mass is 10.1. The van der Waals surface area contributed by atoms with E-state index in [9.17, 15) is 9.59 Å². The van der Waals surface area contributed by atoms with Gasteiger partial charge in [-0.05, 0) is 31.4 Å². The van der Waals surface area contributed by atoms with E-state index in [-0.39, 0.29) is 5.91 Å². The minimum absolute atomic E-state index is 0.313. The molecule has 1 atom stereocenters. The van der Waals surface area contributed by atoms with Gasteiger partial charge in [0.15, 0.2) is 0 Å². The van der Waals surface area contributed by atoms with Crippen molar-refractivity contribution in [3.63, 3.8) is 0 Å². The Balaban J connectivity index is 2.01. The first-order valence-electron chi connectivity index (χ1n) is 6.16. The summed E-state index contributed by atoms with van der Waals surface area (Å²) in [6, 6.07) is 6.37. The van der Waals surface area contributed by atoms with E-state index in [1.54, 1.807) is 18.2 Å². The smallest absolute Gasteiger partial charge is 0.326 e. The summed E-state index contributed by atoms with van der Waals surface area (Å²) in [6.45, 7) is 1.90. The third kappa shape index (κ3) is 3.32. The fourth-order valence-electron chi connectivity index (χ4n) is 1.94. The second kappa shape index (κ2) is 5.21. The maximum absolute atomic E-state index is 11.9. The first-order chi connectivity index (χ1) is 8.56. The fourth-order valence-corrected chi connectivity index (χ4v) is 1.94. The zero-order chi connectivity index (χ0) is 13.1. The molecule has 1 aromatic rings. The number of hydrogen-bond acceptors (Lipinski definition) is 2. The van der Waals surface area contributed by atoms with E-state index in [4.69, 9.17) is 5.11 Å². The summed E-state index contributed by atoms with van der Waals surface area (Å²) >= 11 is 0. The molecule has 1 fully saturated rings. The lowest BCUT2D eigenvalue weighted by Crippen LogP contribution is -2.41. The van der Waals surface area contributed by atoms with Crippen LogP contribution in [-0.2, 0) is 4.79 Å². The number of nitrogens with one attached hydrogen (secondary N) is 1. The van der Waals surface area contributed by atoms with Crippen molar-refractivity contribution in [2.75, 3.05) is 0 Å². The van der Waals surface area contributed by atoms with E-state index < -0.39 is 12.0 Å². The first kappa shape index (κ1) is 12.6. The Morgan fingerprint density at radius 3 is 2.72 bits per heavy atom. The average molecular weight is 247 g/mol. The summed E-state index contributed by atoms with van der Waals surface area (Å²) in [6.07, 6.45) is 2.68. The van der Waals surface area contributed by atoms with Gasteiger partial charge >= 0.3 is 5.97 Å². The Labute approximate surface area is 106 Å². The number of aryl methyl sites for hydroxylation is 1. The van der Waals surface area contributed by atoms with Gasteiger partial charge < -0.3 is 10.4 Å². The minimum Gasteiger partial charge on any atom is -0.480 e. The highest BCUT2D eigenvalue weighted by atomic mass is 16.4. The number of amides is 1. The standard InChI is InChI=1S/C14H17NO3/c1-9-3-2-4-11(7-9)13(16)15-12(14(17)18)8-10-5-6-10/h2-4,7,10,12H,5-6,8H2,1H3,(H,15,16)(H,17,18). The number of hydrogen-bond donors (Lipinski definition) is 2. The predicted molar refractivity (Wildman–Crippen MR) is 67.4 cm³/mol. The molecule has 1 aliphatic carbocycles. The molecule has 2 N–H and O–H groups in total. The van der Waals surface area contributed by atoms with E-state index in [2.05, 4.69) is 5.32 Å². The molecule has 1 saturated carbocycles. The van der Waals surface area contributed by atoms with Crippen LogP contribution in [0, 0.1) is 12.8 Å². The number of rotatable bonds is 5. The average Bonchev–Trinajstić information content (AvgIpc) is 3.12. The summed E-state index contributed by atoms with van der Waals surface area (Å²) in [5, 5.41) is 11.7. The second-order valence-corrected chi connectivity index (χ2v) is 4.91. The zero-order valence-corrected chi connectivity index (χ0v) is 10.3. The van der Waals surface area contributed by atoms with Crippen LogP contribution < -0.4 is 5.32 Å². The SMILES string of the molecule is Cc1cccc(C(=O)NC(CC2CC2)C(=O)O)c1. The molecule has 0 radical (unpaired) electrons. The summed E-state index contributed by atoms with van der Waals surface area (Å²) in [5.41, 5.74) is 1.49. The van der Waals surface area contributed by atoms with Gasteiger partial charge in [-0.3, -0.25) is 4.79 Å². The van der Waals surface area contributed by atoms with E-state index in [1.807, 2.05) is 13.0 Å². The molecule has 0 spiro atoms. The van der Waals surface area contributed by atoms with Gasteiger partial charge in [0.2, 0.25) is 0 Å². The molecular weight excluding hydrogens is 230 g/mol. The largest absolute Gasteiger partial charge is 0.480 e. The maximum Gasteiger partial charge on any atom is 0.326 e. The van der Waals surface area contributed by atoms with Crippen molar-refractivity contribution in [3.05, 3.63) is 35.4 Å². The molecular formula is C14H17NO3. The van der Waals surface area contributed by atoms with Crippen molar-refractivity contribution in [1.29, 1.82) is 0 Å². The van der Waals surface area contributed by atoms with E-state index in [0.717, 1.165) is 18.4 Å². The van der Waals surface area contributed by atoms with E-state index in [1.165, 1.54) is 0 Å². The zero-order valence-electron chi connectivity index (χ0n) is 10.3. The highest BCUT2D eigenvalue weighted by Crippen LogP contribution is 2.33. The Morgan fingerprint density at radius 1 is 1.44 bits per heavy atom. The van der Waals surface area contributed by atoms with E-state index in [0.29, 0.717) is 17.9 Å². The molecule has 18 heavy (non-hydrogen) atoms. The molecule has 1 unspecified atom stereocenters. The molecule has 4 heteroatoms. The van der Waals surface area contributed by atoms with Crippen LogP contribution in [-0.4, -0.2) is 23.0 Å². The van der Waals surface area contributed by atoms with Crippen molar-refractivity contribution >= 4 is 11.9 Å². The van der Waals surface area contributed by atoms with Gasteiger partial charge in [0.1, 0.15) is 6.04 Å². The number of benzene rings is 1. The molecule has 0 aromatic heterocycles. The van der Waals surface area contributed by atoms with Gasteiger partial charge in [-0.15, -0.1) is 0 Å². The monoisotopic (exact) mass is 247 g/mol. The van der Waals surface area contributed by atoms with Crippen LogP contribution >= 0.6 is 0 Å². The van der Waals surface area contributed by atoms with Crippen LogP contribution in [0.1, 0.15) is 35.2 Å². The molecule has 0 bridgehead atoms. The Morgan fingerprint density at radius 2 is 2.17 bits per heavy atom. The quantitative estimate of drug-likeness (QED) is 0.836. The normalized spacial score (nSPS) is 16.1. The van der Waals surface area contributed by atoms with Crippen LogP contribution in [0.2, 0.25) is 0 Å². The molecule has 1 aromatic carbocycles. The molecule has 96 valence electrons. The minimum atomic E-state index is -0.956. The molecule has 0 saturated heterocycles. The number of carboxylic acids is 1. The highest BCUT2D eigenvalue weighted by molar-refractivity contribution is 5.96. The van der Waals surface area contributed by atoms with Crippen molar-refractivity contribution in [1.82, 2.24) is 5.32 Å². The first-order valence-corrected chi connectivity index (χ1v) is 6.16. The Hall–Kier alpha value is -1.84. The van der Waals surface area contributed by atoms with Crippen LogP contribution in [0.25, 0.3) is 0 Å². The lowest BCUT2D eigenvalue weighted by Gasteiger charge is -2.14. The molecule has 0 heterocycles. The predicted octanol–water partition coefficient (Wildman–Crippen LogP) is 1.98. The van der Waals surface area contributed by atoms with Gasteiger partial charge in [0.05, 0.1) is 0 Å². The van der Waals surface area contributed by atoms with Crippen LogP contribution in [0.3, 0.4) is 0 Å².